The van der Waals surface area contributed by atoms with Crippen LogP contribution in [0.4, 0.5) is 0 Å². The van der Waals surface area contributed by atoms with Gasteiger partial charge >= 0.3 is 0 Å². The largest absolute Gasteiger partial charge is 0.192 e. The van der Waals surface area contributed by atoms with Gasteiger partial charge in [-0.05, 0) is 24.0 Å². The average molecular weight is 284 g/mol. The Morgan fingerprint density at radius 1 is 1.40 bits per heavy atom. The van der Waals surface area contributed by atoms with Gasteiger partial charge in [-0.3, -0.25) is 0 Å². The van der Waals surface area contributed by atoms with E-state index in [-0.39, 0.29) is 0 Å². The van der Waals surface area contributed by atoms with Crippen molar-refractivity contribution in [2.24, 2.45) is 0 Å². The molecule has 2 aromatic rings. The maximum Gasteiger partial charge on any atom is 0.0843 e. The number of hydrogen-bond acceptors (Lipinski definition) is 2. The van der Waals surface area contributed by atoms with Gasteiger partial charge in [0.1, 0.15) is 0 Å². The molecule has 0 radical (unpaired) electrons. The van der Waals surface area contributed by atoms with E-state index in [1.54, 1.807) is 11.5 Å². The van der Waals surface area contributed by atoms with Crippen LogP contribution in [0.25, 0.3) is 10.9 Å². The number of aromatic nitrogens is 1. The molecule has 0 bridgehead atoms. The molecule has 0 spiro atoms. The van der Waals surface area contributed by atoms with E-state index in [0.29, 0.717) is 10.7 Å². The lowest BCUT2D eigenvalue weighted by Gasteiger charge is -2.14. The van der Waals surface area contributed by atoms with E-state index >= 15 is 0 Å². The highest BCUT2D eigenvalue weighted by molar-refractivity contribution is 9.09. The molecule has 0 amide bonds. The van der Waals surface area contributed by atoms with E-state index in [1.165, 1.54) is 10.3 Å². The van der Waals surface area contributed by atoms with Crippen LogP contribution < -0.4 is 0 Å². The van der Waals surface area contributed by atoms with Crippen LogP contribution in [-0.2, 0) is 0 Å². The Labute approximate surface area is 103 Å². The van der Waals surface area contributed by atoms with E-state index in [9.17, 15) is 0 Å². The Bertz CT molecular complexity index is 452. The normalized spacial score (nSPS) is 15.4. The SMILES string of the molecule is CCC(Br)C(C)c1snc2ccccc12. The van der Waals surface area contributed by atoms with E-state index in [1.807, 2.05) is 6.07 Å². The molecule has 80 valence electrons. The monoisotopic (exact) mass is 283 g/mol. The second kappa shape index (κ2) is 4.62. The van der Waals surface area contributed by atoms with Crippen molar-refractivity contribution in [3.05, 3.63) is 29.1 Å². The predicted molar refractivity (Wildman–Crippen MR) is 71.0 cm³/mol. The molecule has 0 aliphatic rings. The van der Waals surface area contributed by atoms with E-state index in [2.05, 4.69) is 52.4 Å². The molecule has 1 aromatic heterocycles. The molecule has 3 heteroatoms. The van der Waals surface area contributed by atoms with Gasteiger partial charge in [0.05, 0.1) is 5.52 Å². The van der Waals surface area contributed by atoms with E-state index in [0.717, 1.165) is 11.9 Å². The summed E-state index contributed by atoms with van der Waals surface area (Å²) in [6.07, 6.45) is 1.15. The van der Waals surface area contributed by atoms with Crippen molar-refractivity contribution in [2.75, 3.05) is 0 Å². The molecule has 0 aliphatic heterocycles. The van der Waals surface area contributed by atoms with Crippen LogP contribution >= 0.6 is 27.5 Å². The lowest BCUT2D eigenvalue weighted by molar-refractivity contribution is 0.708. The summed E-state index contributed by atoms with van der Waals surface area (Å²) in [4.78, 5) is 1.94. The summed E-state index contributed by atoms with van der Waals surface area (Å²) in [5, 5.41) is 1.31. The third kappa shape index (κ3) is 2.08. The minimum absolute atomic E-state index is 0.535. The smallest absolute Gasteiger partial charge is 0.0843 e. The van der Waals surface area contributed by atoms with Crippen LogP contribution in [0.15, 0.2) is 24.3 Å². The second-order valence-electron chi connectivity index (χ2n) is 3.78. The van der Waals surface area contributed by atoms with Crippen LogP contribution in [-0.4, -0.2) is 9.20 Å². The van der Waals surface area contributed by atoms with Crippen molar-refractivity contribution >= 4 is 38.4 Å². The lowest BCUT2D eigenvalue weighted by Crippen LogP contribution is -2.06. The highest BCUT2D eigenvalue weighted by atomic mass is 79.9. The summed E-state index contributed by atoms with van der Waals surface area (Å²) < 4.78 is 4.48. The molecular weight excluding hydrogens is 270 g/mol. The standard InChI is InChI=1S/C12H14BrNS/c1-3-10(13)8(2)12-9-6-4-5-7-11(9)14-15-12/h4-8,10H,3H2,1-2H3. The van der Waals surface area contributed by atoms with Gasteiger partial charge in [0, 0.05) is 21.0 Å². The molecule has 2 rings (SSSR count). The first-order chi connectivity index (χ1) is 7.24. The maximum atomic E-state index is 4.48. The molecular formula is C12H14BrNS. The van der Waals surface area contributed by atoms with E-state index < -0.39 is 0 Å². The summed E-state index contributed by atoms with van der Waals surface area (Å²) in [7, 11) is 0. The van der Waals surface area contributed by atoms with Crippen molar-refractivity contribution < 1.29 is 0 Å². The highest BCUT2D eigenvalue weighted by Crippen LogP contribution is 2.34. The zero-order valence-corrected chi connectivity index (χ0v) is 11.3. The molecule has 2 unspecified atom stereocenters. The summed E-state index contributed by atoms with van der Waals surface area (Å²) >= 11 is 5.36. The van der Waals surface area contributed by atoms with Crippen molar-refractivity contribution in [3.8, 4) is 0 Å². The predicted octanol–water partition coefficient (Wildman–Crippen LogP) is 4.57. The fourth-order valence-corrected chi connectivity index (χ4v) is 3.15. The number of benzene rings is 1. The Morgan fingerprint density at radius 3 is 2.87 bits per heavy atom. The van der Waals surface area contributed by atoms with Crippen molar-refractivity contribution in [3.63, 3.8) is 0 Å². The maximum absolute atomic E-state index is 4.48. The average Bonchev–Trinajstić information content (AvgIpc) is 2.70. The minimum Gasteiger partial charge on any atom is -0.192 e. The molecule has 1 nitrogen and oxygen atoms in total. The van der Waals surface area contributed by atoms with Crippen LogP contribution in [0.5, 0.6) is 0 Å². The van der Waals surface area contributed by atoms with Crippen molar-refractivity contribution in [2.45, 2.75) is 31.0 Å². The van der Waals surface area contributed by atoms with Gasteiger partial charge in [-0.15, -0.1) is 0 Å². The summed E-state index contributed by atoms with van der Waals surface area (Å²) in [5.41, 5.74) is 1.13. The van der Waals surface area contributed by atoms with E-state index in [4.69, 9.17) is 0 Å². The van der Waals surface area contributed by atoms with Gasteiger partial charge in [-0.1, -0.05) is 48.0 Å². The zero-order chi connectivity index (χ0) is 10.8. The molecule has 2 atom stereocenters. The van der Waals surface area contributed by atoms with Crippen LogP contribution in [0.3, 0.4) is 0 Å². The van der Waals surface area contributed by atoms with Crippen LogP contribution in [0.2, 0.25) is 0 Å². The fraction of sp³-hybridized carbons (Fsp3) is 0.417. The van der Waals surface area contributed by atoms with Gasteiger partial charge < -0.3 is 0 Å². The van der Waals surface area contributed by atoms with Crippen molar-refractivity contribution in [1.29, 1.82) is 0 Å². The van der Waals surface area contributed by atoms with Crippen LogP contribution in [0.1, 0.15) is 31.1 Å². The Hall–Kier alpha value is -0.410. The minimum atomic E-state index is 0.535. The lowest BCUT2D eigenvalue weighted by atomic mass is 10.0. The van der Waals surface area contributed by atoms with Crippen molar-refractivity contribution in [1.82, 2.24) is 4.37 Å². The second-order valence-corrected chi connectivity index (χ2v) is 5.76. The highest BCUT2D eigenvalue weighted by Gasteiger charge is 2.18. The Balaban J connectivity index is 2.43. The first kappa shape index (κ1) is 11.1. The number of nitrogens with zero attached hydrogens (tertiary/aromatic N) is 1. The molecule has 1 aromatic carbocycles. The topological polar surface area (TPSA) is 12.9 Å². The number of halogens is 1. The molecule has 0 aliphatic carbocycles. The molecule has 0 saturated heterocycles. The van der Waals surface area contributed by atoms with Gasteiger partial charge in [0.15, 0.2) is 0 Å². The fourth-order valence-electron chi connectivity index (χ4n) is 1.76. The Kier molecular flexibility index (Phi) is 3.42. The summed E-state index contributed by atoms with van der Waals surface area (Å²) in [6, 6.07) is 8.38. The zero-order valence-electron chi connectivity index (χ0n) is 8.90. The first-order valence-electron chi connectivity index (χ1n) is 5.22. The number of hydrogen-bond donors (Lipinski definition) is 0. The molecule has 0 fully saturated rings. The third-order valence-corrected chi connectivity index (χ3v) is 5.27. The Morgan fingerprint density at radius 2 is 2.13 bits per heavy atom. The van der Waals surface area contributed by atoms with Gasteiger partial charge in [0.2, 0.25) is 0 Å². The van der Waals surface area contributed by atoms with Gasteiger partial charge in [-0.2, -0.15) is 4.37 Å². The number of fused-ring (bicyclic) bond motifs is 1. The molecule has 1 heterocycles. The quantitative estimate of drug-likeness (QED) is 0.752. The first-order valence-corrected chi connectivity index (χ1v) is 6.91. The molecule has 0 saturated carbocycles. The third-order valence-electron chi connectivity index (χ3n) is 2.76. The summed E-state index contributed by atoms with van der Waals surface area (Å²) in [5.74, 6) is 0.535. The van der Waals surface area contributed by atoms with Crippen LogP contribution in [0, 0.1) is 0 Å². The number of rotatable bonds is 3. The number of alkyl halides is 1. The molecule has 0 N–H and O–H groups in total. The van der Waals surface area contributed by atoms with Gasteiger partial charge in [0.25, 0.3) is 0 Å². The molecule has 15 heavy (non-hydrogen) atoms. The summed E-state index contributed by atoms with van der Waals surface area (Å²) in [6.45, 7) is 4.47. The van der Waals surface area contributed by atoms with Gasteiger partial charge in [-0.25, -0.2) is 0 Å².